The van der Waals surface area contributed by atoms with Crippen molar-refractivity contribution >= 4 is 11.7 Å². The van der Waals surface area contributed by atoms with E-state index in [1.807, 2.05) is 0 Å². The topological polar surface area (TPSA) is 85.3 Å². The van der Waals surface area contributed by atoms with Gasteiger partial charge in [0.15, 0.2) is 0 Å². The maximum absolute atomic E-state index is 13.7. The number of esters is 1. The second kappa shape index (κ2) is 8.33. The van der Waals surface area contributed by atoms with Crippen LogP contribution in [0, 0.1) is 11.3 Å². The number of hydrogen-bond acceptors (Lipinski definition) is 5. The Kier molecular flexibility index (Phi) is 5.83. The average Bonchev–Trinajstić information content (AvgIpc) is 2.73. The molecule has 0 bridgehead atoms. The molecule has 2 aromatic rings. The summed E-state index contributed by atoms with van der Waals surface area (Å²) in [7, 11) is 0. The summed E-state index contributed by atoms with van der Waals surface area (Å²) in [5, 5.41) is 9.65. The Morgan fingerprint density at radius 2 is 1.80 bits per heavy atom. The van der Waals surface area contributed by atoms with Gasteiger partial charge in [0.25, 0.3) is 0 Å². The van der Waals surface area contributed by atoms with Crippen LogP contribution in [-0.2, 0) is 20.4 Å². The first kappa shape index (κ1) is 21.0. The van der Waals surface area contributed by atoms with Crippen molar-refractivity contribution in [2.45, 2.75) is 19.0 Å². The van der Waals surface area contributed by atoms with Crippen molar-refractivity contribution in [1.82, 2.24) is 0 Å². The largest absolute Gasteiger partial charge is 0.463 e. The van der Waals surface area contributed by atoms with E-state index in [4.69, 9.17) is 15.2 Å². The normalized spacial score (nSPS) is 16.7. The van der Waals surface area contributed by atoms with Gasteiger partial charge in [0.2, 0.25) is 5.88 Å². The number of benzene rings is 2. The van der Waals surface area contributed by atoms with Gasteiger partial charge in [-0.05, 0) is 18.6 Å². The van der Waals surface area contributed by atoms with Crippen LogP contribution in [0.4, 0.5) is 13.2 Å². The Hall–Kier alpha value is -3.73. The monoisotopic (exact) mass is 414 g/mol. The number of carbonyl (C=O) groups is 1. The van der Waals surface area contributed by atoms with Crippen LogP contribution in [0.1, 0.15) is 29.5 Å². The molecule has 0 spiro atoms. The Labute approximate surface area is 170 Å². The summed E-state index contributed by atoms with van der Waals surface area (Å²) >= 11 is 0. The van der Waals surface area contributed by atoms with Gasteiger partial charge < -0.3 is 15.2 Å². The van der Waals surface area contributed by atoms with E-state index in [0.29, 0.717) is 5.56 Å². The van der Waals surface area contributed by atoms with Crippen molar-refractivity contribution in [3.63, 3.8) is 0 Å². The summed E-state index contributed by atoms with van der Waals surface area (Å²) in [6.07, 6.45) is -4.71. The van der Waals surface area contributed by atoms with E-state index in [9.17, 15) is 23.2 Å². The van der Waals surface area contributed by atoms with Crippen molar-refractivity contribution in [2.24, 2.45) is 5.73 Å². The lowest BCUT2D eigenvalue weighted by Gasteiger charge is -2.29. The van der Waals surface area contributed by atoms with E-state index >= 15 is 0 Å². The van der Waals surface area contributed by atoms with Gasteiger partial charge in [0.1, 0.15) is 17.4 Å². The fourth-order valence-electron chi connectivity index (χ4n) is 3.30. The molecule has 0 fully saturated rings. The zero-order chi connectivity index (χ0) is 21.9. The Balaban J connectivity index is 2.36. The van der Waals surface area contributed by atoms with Crippen molar-refractivity contribution in [3.05, 3.63) is 88.3 Å². The molecule has 1 heterocycles. The Morgan fingerprint density at radius 1 is 1.17 bits per heavy atom. The van der Waals surface area contributed by atoms with Gasteiger partial charge in [0, 0.05) is 5.56 Å². The smallest absolute Gasteiger partial charge is 0.416 e. The van der Waals surface area contributed by atoms with E-state index in [0.717, 1.165) is 6.07 Å². The molecule has 0 amide bonds. The lowest BCUT2D eigenvalue weighted by Crippen LogP contribution is -2.27. The molecular weight excluding hydrogens is 397 g/mol. The minimum Gasteiger partial charge on any atom is -0.463 e. The molecule has 2 N–H and O–H groups in total. The summed E-state index contributed by atoms with van der Waals surface area (Å²) in [5.74, 6) is -2.71. The highest BCUT2D eigenvalue weighted by molar-refractivity contribution is 6.00. The third kappa shape index (κ3) is 3.87. The SMILES string of the molecule is CCOC(=O)C1=C(c2ccccc2)OC(N)=C(C#N)[C@H]1c1ccccc1C(F)(F)F. The van der Waals surface area contributed by atoms with E-state index in [2.05, 4.69) is 0 Å². The fraction of sp³-hybridized carbons (Fsp3) is 0.182. The molecule has 1 aliphatic heterocycles. The number of nitriles is 1. The van der Waals surface area contributed by atoms with Gasteiger partial charge in [-0.15, -0.1) is 0 Å². The third-order valence-electron chi connectivity index (χ3n) is 4.53. The molecule has 1 atom stereocenters. The van der Waals surface area contributed by atoms with Crippen LogP contribution < -0.4 is 5.73 Å². The van der Waals surface area contributed by atoms with Crippen LogP contribution in [-0.4, -0.2) is 12.6 Å². The molecular formula is C22H17F3N2O3. The minimum atomic E-state index is -4.71. The first-order chi connectivity index (χ1) is 14.3. The van der Waals surface area contributed by atoms with E-state index < -0.39 is 23.6 Å². The summed E-state index contributed by atoms with van der Waals surface area (Å²) in [6.45, 7) is 1.55. The van der Waals surface area contributed by atoms with Crippen molar-refractivity contribution in [2.75, 3.05) is 6.61 Å². The van der Waals surface area contributed by atoms with Crippen LogP contribution in [0.5, 0.6) is 0 Å². The molecule has 0 unspecified atom stereocenters. The molecule has 2 aromatic carbocycles. The van der Waals surface area contributed by atoms with Crippen molar-refractivity contribution in [1.29, 1.82) is 5.26 Å². The van der Waals surface area contributed by atoms with E-state index in [1.165, 1.54) is 18.2 Å². The number of rotatable bonds is 4. The highest BCUT2D eigenvalue weighted by Crippen LogP contribution is 2.46. The second-order valence-electron chi connectivity index (χ2n) is 6.34. The molecule has 5 nitrogen and oxygen atoms in total. The van der Waals surface area contributed by atoms with Gasteiger partial charge in [-0.3, -0.25) is 0 Å². The molecule has 0 saturated carbocycles. The zero-order valence-electron chi connectivity index (χ0n) is 15.9. The number of hydrogen-bond donors (Lipinski definition) is 1. The molecule has 154 valence electrons. The van der Waals surface area contributed by atoms with Crippen LogP contribution in [0.3, 0.4) is 0 Å². The van der Waals surface area contributed by atoms with Gasteiger partial charge in [-0.2, -0.15) is 18.4 Å². The number of allylic oxidation sites excluding steroid dienone is 1. The number of nitrogens with zero attached hydrogens (tertiary/aromatic N) is 1. The van der Waals surface area contributed by atoms with Crippen LogP contribution in [0.25, 0.3) is 5.76 Å². The first-order valence-electron chi connectivity index (χ1n) is 9.00. The van der Waals surface area contributed by atoms with E-state index in [1.54, 1.807) is 43.3 Å². The molecule has 0 saturated heterocycles. The summed E-state index contributed by atoms with van der Waals surface area (Å²) in [5.41, 5.74) is 4.54. The maximum Gasteiger partial charge on any atom is 0.416 e. The number of halogens is 3. The summed E-state index contributed by atoms with van der Waals surface area (Å²) < 4.78 is 51.9. The number of carbonyl (C=O) groups excluding carboxylic acids is 1. The van der Waals surface area contributed by atoms with Gasteiger partial charge in [0.05, 0.1) is 23.7 Å². The highest BCUT2D eigenvalue weighted by atomic mass is 19.4. The minimum absolute atomic E-state index is 0.0148. The highest BCUT2D eigenvalue weighted by Gasteiger charge is 2.43. The number of nitrogens with two attached hydrogens (primary N) is 1. The number of ether oxygens (including phenoxy) is 2. The molecule has 0 radical (unpaired) electrons. The van der Waals surface area contributed by atoms with Gasteiger partial charge in [-0.25, -0.2) is 4.79 Å². The predicted molar refractivity (Wildman–Crippen MR) is 102 cm³/mol. The molecule has 3 rings (SSSR count). The second-order valence-corrected chi connectivity index (χ2v) is 6.34. The Morgan fingerprint density at radius 3 is 2.40 bits per heavy atom. The van der Waals surface area contributed by atoms with E-state index in [-0.39, 0.29) is 35.0 Å². The Bertz CT molecular complexity index is 1070. The quantitative estimate of drug-likeness (QED) is 0.746. The average molecular weight is 414 g/mol. The third-order valence-corrected chi connectivity index (χ3v) is 4.53. The zero-order valence-corrected chi connectivity index (χ0v) is 15.9. The lowest BCUT2D eigenvalue weighted by atomic mass is 9.80. The standard InChI is InChI=1S/C22H17F3N2O3/c1-2-29-21(28)18-17(14-10-6-7-11-16(14)22(23,24)25)15(12-26)20(27)30-19(18)13-8-4-3-5-9-13/h3-11,17H,2,27H2,1H3/t17-/m1/s1. The van der Waals surface area contributed by atoms with Crippen molar-refractivity contribution in [3.8, 4) is 6.07 Å². The van der Waals surface area contributed by atoms with Crippen LogP contribution in [0.2, 0.25) is 0 Å². The fourth-order valence-corrected chi connectivity index (χ4v) is 3.30. The van der Waals surface area contributed by atoms with Gasteiger partial charge in [-0.1, -0.05) is 48.5 Å². The van der Waals surface area contributed by atoms with Crippen LogP contribution >= 0.6 is 0 Å². The predicted octanol–water partition coefficient (Wildman–Crippen LogP) is 4.49. The first-order valence-corrected chi connectivity index (χ1v) is 9.00. The van der Waals surface area contributed by atoms with Gasteiger partial charge >= 0.3 is 12.1 Å². The lowest BCUT2D eigenvalue weighted by molar-refractivity contribution is -0.140. The molecule has 0 aliphatic carbocycles. The number of alkyl halides is 3. The molecule has 8 heteroatoms. The van der Waals surface area contributed by atoms with Crippen molar-refractivity contribution < 1.29 is 27.4 Å². The molecule has 30 heavy (non-hydrogen) atoms. The summed E-state index contributed by atoms with van der Waals surface area (Å²) in [6, 6.07) is 14.8. The summed E-state index contributed by atoms with van der Waals surface area (Å²) in [4.78, 5) is 12.9. The molecule has 1 aliphatic rings. The maximum atomic E-state index is 13.7. The van der Waals surface area contributed by atoms with Crippen LogP contribution in [0.15, 0.2) is 71.6 Å². The molecule has 0 aromatic heterocycles.